The lowest BCUT2D eigenvalue weighted by atomic mass is 10.2. The number of amides is 2. The summed E-state index contributed by atoms with van der Waals surface area (Å²) in [5.74, 6) is -0.816. The minimum absolute atomic E-state index is 0.0558. The number of nitrogens with zero attached hydrogens (tertiary/aromatic N) is 2. The van der Waals surface area contributed by atoms with Crippen molar-refractivity contribution in [2.75, 3.05) is 29.4 Å². The number of para-hydroxylation sites is 2. The van der Waals surface area contributed by atoms with E-state index in [1.807, 2.05) is 0 Å². The number of benzene rings is 4. The van der Waals surface area contributed by atoms with Crippen molar-refractivity contribution in [3.05, 3.63) is 113 Å². The standard InChI is InChI=1S/C31H28ClFN4O6S/c1-2-42-29-6-4-3-5-28(29)37(44(40,41)27-17-9-23(32)10-18-27)20-30(38)36-34-19-22-7-15-26(16-8-22)43-21-31(39)35-25-13-11-24(33)12-14-25/h3-19H,2,20-21H2,1H3,(H,35,39)(H,36,38)/b34-19-. The van der Waals surface area contributed by atoms with Gasteiger partial charge in [-0.05, 0) is 97.4 Å². The van der Waals surface area contributed by atoms with Crippen LogP contribution in [0.3, 0.4) is 0 Å². The molecule has 10 nitrogen and oxygen atoms in total. The van der Waals surface area contributed by atoms with E-state index in [-0.39, 0.29) is 23.8 Å². The van der Waals surface area contributed by atoms with Crippen LogP contribution in [0.15, 0.2) is 107 Å². The van der Waals surface area contributed by atoms with Gasteiger partial charge in [-0.15, -0.1) is 0 Å². The molecule has 228 valence electrons. The van der Waals surface area contributed by atoms with E-state index >= 15 is 0 Å². The third-order valence-electron chi connectivity index (χ3n) is 5.90. The van der Waals surface area contributed by atoms with Crippen LogP contribution in [0.1, 0.15) is 12.5 Å². The molecule has 2 N–H and O–H groups in total. The second-order valence-electron chi connectivity index (χ2n) is 9.07. The number of anilines is 2. The summed E-state index contributed by atoms with van der Waals surface area (Å²) >= 11 is 5.94. The van der Waals surface area contributed by atoms with Gasteiger partial charge in [0.1, 0.15) is 23.9 Å². The number of ether oxygens (including phenoxy) is 2. The van der Waals surface area contributed by atoms with E-state index in [1.165, 1.54) is 54.7 Å². The normalized spacial score (nSPS) is 11.2. The van der Waals surface area contributed by atoms with Gasteiger partial charge in [0, 0.05) is 10.7 Å². The highest BCUT2D eigenvalue weighted by atomic mass is 35.5. The fourth-order valence-electron chi connectivity index (χ4n) is 3.85. The highest BCUT2D eigenvalue weighted by Gasteiger charge is 2.29. The molecule has 0 saturated heterocycles. The largest absolute Gasteiger partial charge is 0.492 e. The van der Waals surface area contributed by atoms with E-state index in [0.29, 0.717) is 27.8 Å². The average molecular weight is 639 g/mol. The third-order valence-corrected chi connectivity index (χ3v) is 7.93. The summed E-state index contributed by atoms with van der Waals surface area (Å²) in [5, 5.41) is 6.91. The smallest absolute Gasteiger partial charge is 0.264 e. The number of halogens is 2. The molecule has 0 heterocycles. The van der Waals surface area contributed by atoms with Crippen LogP contribution in [0, 0.1) is 5.82 Å². The Morgan fingerprint density at radius 3 is 2.27 bits per heavy atom. The van der Waals surface area contributed by atoms with Crippen molar-refractivity contribution >= 4 is 51.0 Å². The number of carbonyl (C=O) groups excluding carboxylic acids is 2. The topological polar surface area (TPSA) is 126 Å². The van der Waals surface area contributed by atoms with Crippen molar-refractivity contribution in [3.63, 3.8) is 0 Å². The molecule has 0 spiro atoms. The lowest BCUT2D eigenvalue weighted by Crippen LogP contribution is -2.39. The Kier molecular flexibility index (Phi) is 10.9. The molecule has 44 heavy (non-hydrogen) atoms. The fraction of sp³-hybridized carbons (Fsp3) is 0.129. The van der Waals surface area contributed by atoms with E-state index < -0.39 is 34.2 Å². The van der Waals surface area contributed by atoms with Gasteiger partial charge in [0.05, 0.1) is 23.4 Å². The molecule has 0 radical (unpaired) electrons. The molecular formula is C31H28ClFN4O6S. The summed E-state index contributed by atoms with van der Waals surface area (Å²) < 4.78 is 52.3. The SMILES string of the molecule is CCOc1ccccc1N(CC(=O)N/N=C\c1ccc(OCC(=O)Nc2ccc(F)cc2)cc1)S(=O)(=O)c1ccc(Cl)cc1. The number of rotatable bonds is 13. The molecule has 4 rings (SSSR count). The molecule has 0 fully saturated rings. The molecule has 0 atom stereocenters. The van der Waals surface area contributed by atoms with Crippen molar-refractivity contribution in [3.8, 4) is 11.5 Å². The summed E-state index contributed by atoms with van der Waals surface area (Å²) in [6.07, 6.45) is 1.37. The van der Waals surface area contributed by atoms with Crippen molar-refractivity contribution in [1.82, 2.24) is 5.43 Å². The quantitative estimate of drug-likeness (QED) is 0.152. The molecular weight excluding hydrogens is 611 g/mol. The Labute approximate surface area is 259 Å². The van der Waals surface area contributed by atoms with Gasteiger partial charge in [-0.25, -0.2) is 18.2 Å². The van der Waals surface area contributed by atoms with Gasteiger partial charge in [-0.2, -0.15) is 5.10 Å². The molecule has 13 heteroatoms. The maximum Gasteiger partial charge on any atom is 0.264 e. The van der Waals surface area contributed by atoms with E-state index in [0.717, 1.165) is 4.31 Å². The third kappa shape index (κ3) is 8.79. The van der Waals surface area contributed by atoms with E-state index in [9.17, 15) is 22.4 Å². The van der Waals surface area contributed by atoms with E-state index in [4.69, 9.17) is 21.1 Å². The highest BCUT2D eigenvalue weighted by Crippen LogP contribution is 2.32. The summed E-state index contributed by atoms with van der Waals surface area (Å²) in [6.45, 7) is 1.21. The van der Waals surface area contributed by atoms with E-state index in [2.05, 4.69) is 15.8 Å². The Bertz CT molecular complexity index is 1720. The van der Waals surface area contributed by atoms with Gasteiger partial charge in [-0.3, -0.25) is 13.9 Å². The number of hydrogen-bond acceptors (Lipinski definition) is 7. The molecule has 0 bridgehead atoms. The van der Waals surface area contributed by atoms with Gasteiger partial charge in [-0.1, -0.05) is 23.7 Å². The van der Waals surface area contributed by atoms with E-state index in [1.54, 1.807) is 55.5 Å². The first kappa shape index (κ1) is 32.0. The molecule has 0 saturated carbocycles. The van der Waals surface area contributed by atoms with Crippen LogP contribution in [0.25, 0.3) is 0 Å². The van der Waals surface area contributed by atoms with Crippen LogP contribution in [0.4, 0.5) is 15.8 Å². The monoisotopic (exact) mass is 638 g/mol. The zero-order valence-corrected chi connectivity index (χ0v) is 25.0. The Hall–Kier alpha value is -4.94. The molecule has 0 aliphatic heterocycles. The number of carbonyl (C=O) groups is 2. The predicted octanol–water partition coefficient (Wildman–Crippen LogP) is 5.24. The Morgan fingerprint density at radius 1 is 0.909 bits per heavy atom. The lowest BCUT2D eigenvalue weighted by Gasteiger charge is -2.25. The van der Waals surface area contributed by atoms with Crippen LogP contribution in [-0.4, -0.2) is 46.2 Å². The van der Waals surface area contributed by atoms with Crippen LogP contribution >= 0.6 is 11.6 Å². The zero-order chi connectivity index (χ0) is 31.5. The van der Waals surface area contributed by atoms with Crippen molar-refractivity contribution < 1.29 is 31.9 Å². The molecule has 2 amide bonds. The first-order valence-electron chi connectivity index (χ1n) is 13.3. The molecule has 0 aliphatic rings. The molecule has 0 unspecified atom stereocenters. The zero-order valence-electron chi connectivity index (χ0n) is 23.4. The Balaban J connectivity index is 1.38. The number of sulfonamides is 1. The number of nitrogens with one attached hydrogen (secondary N) is 2. The van der Waals surface area contributed by atoms with Crippen molar-refractivity contribution in [2.45, 2.75) is 11.8 Å². The molecule has 4 aromatic carbocycles. The van der Waals surface area contributed by atoms with Crippen molar-refractivity contribution in [2.24, 2.45) is 5.10 Å². The van der Waals surface area contributed by atoms with Gasteiger partial charge >= 0.3 is 0 Å². The summed E-state index contributed by atoms with van der Waals surface area (Å²) in [7, 11) is -4.20. The van der Waals surface area contributed by atoms with Gasteiger partial charge < -0.3 is 14.8 Å². The summed E-state index contributed by atoms with van der Waals surface area (Å²) in [6, 6.07) is 24.0. The molecule has 0 aromatic heterocycles. The fourth-order valence-corrected chi connectivity index (χ4v) is 5.41. The number of hydrogen-bond donors (Lipinski definition) is 2. The first-order chi connectivity index (χ1) is 21.2. The number of hydrazone groups is 1. The van der Waals surface area contributed by atoms with Crippen LogP contribution in [-0.2, 0) is 19.6 Å². The minimum atomic E-state index is -4.20. The summed E-state index contributed by atoms with van der Waals surface area (Å²) in [4.78, 5) is 24.9. The lowest BCUT2D eigenvalue weighted by molar-refractivity contribution is -0.119. The second-order valence-corrected chi connectivity index (χ2v) is 11.4. The maximum absolute atomic E-state index is 13.6. The molecule has 4 aromatic rings. The summed E-state index contributed by atoms with van der Waals surface area (Å²) in [5.41, 5.74) is 3.58. The second kappa shape index (κ2) is 15.0. The van der Waals surface area contributed by atoms with Crippen LogP contribution < -0.4 is 24.5 Å². The van der Waals surface area contributed by atoms with Crippen LogP contribution in [0.2, 0.25) is 5.02 Å². The van der Waals surface area contributed by atoms with Crippen molar-refractivity contribution in [1.29, 1.82) is 0 Å². The van der Waals surface area contributed by atoms with Gasteiger partial charge in [0.25, 0.3) is 21.8 Å². The van der Waals surface area contributed by atoms with Gasteiger partial charge in [0.15, 0.2) is 6.61 Å². The highest BCUT2D eigenvalue weighted by molar-refractivity contribution is 7.92. The molecule has 0 aliphatic carbocycles. The first-order valence-corrected chi connectivity index (χ1v) is 15.1. The Morgan fingerprint density at radius 2 is 1.59 bits per heavy atom. The average Bonchev–Trinajstić information content (AvgIpc) is 3.01. The van der Waals surface area contributed by atoms with Crippen LogP contribution in [0.5, 0.6) is 11.5 Å². The minimum Gasteiger partial charge on any atom is -0.492 e. The predicted molar refractivity (Wildman–Crippen MR) is 166 cm³/mol. The van der Waals surface area contributed by atoms with Gasteiger partial charge in [0.2, 0.25) is 0 Å². The maximum atomic E-state index is 13.6.